The summed E-state index contributed by atoms with van der Waals surface area (Å²) in [6, 6.07) is 1.84. The van der Waals surface area contributed by atoms with Crippen LogP contribution in [0.3, 0.4) is 0 Å². The summed E-state index contributed by atoms with van der Waals surface area (Å²) in [6.07, 6.45) is 2.41. The van der Waals surface area contributed by atoms with Crippen molar-refractivity contribution in [1.29, 1.82) is 0 Å². The van der Waals surface area contributed by atoms with Crippen molar-refractivity contribution in [3.63, 3.8) is 0 Å². The normalized spacial score (nSPS) is 15.1. The van der Waals surface area contributed by atoms with Gasteiger partial charge in [-0.3, -0.25) is 0 Å². The van der Waals surface area contributed by atoms with E-state index in [2.05, 4.69) is 44.6 Å². The Morgan fingerprint density at radius 3 is 2.67 bits per heavy atom. The fraction of sp³-hybridized carbons (Fsp3) is 0.692. The molecule has 1 fully saturated rings. The predicted octanol–water partition coefficient (Wildman–Crippen LogP) is 2.84. The van der Waals surface area contributed by atoms with Crippen LogP contribution in [0.4, 0.5) is 0 Å². The highest BCUT2D eigenvalue weighted by Gasteiger charge is 2.27. The smallest absolute Gasteiger partial charge is 0.217 e. The number of ether oxygens (including phenoxy) is 1. The van der Waals surface area contributed by atoms with Crippen molar-refractivity contribution in [3.8, 4) is 5.88 Å². The Bertz CT molecular complexity index is 392. The molecular weight excluding hydrogens is 294 g/mol. The van der Waals surface area contributed by atoms with E-state index in [4.69, 9.17) is 4.74 Å². The van der Waals surface area contributed by atoms with Gasteiger partial charge in [-0.25, -0.2) is 4.98 Å². The summed E-state index contributed by atoms with van der Waals surface area (Å²) in [6.45, 7) is 8.05. The molecule has 2 rings (SSSR count). The molecule has 18 heavy (non-hydrogen) atoms. The molecule has 1 saturated carbocycles. The Labute approximate surface area is 117 Å². The van der Waals surface area contributed by atoms with Crippen molar-refractivity contribution < 1.29 is 4.74 Å². The largest absolute Gasteiger partial charge is 0.476 e. The van der Waals surface area contributed by atoms with Crippen LogP contribution in [-0.2, 0) is 0 Å². The first-order valence-corrected chi connectivity index (χ1v) is 7.41. The Morgan fingerprint density at radius 2 is 2.06 bits per heavy atom. The molecule has 0 N–H and O–H groups in total. The van der Waals surface area contributed by atoms with Gasteiger partial charge >= 0.3 is 0 Å². The highest BCUT2D eigenvalue weighted by molar-refractivity contribution is 9.10. The Kier molecular flexibility index (Phi) is 4.95. The van der Waals surface area contributed by atoms with Gasteiger partial charge in [0.05, 0.1) is 0 Å². The van der Waals surface area contributed by atoms with E-state index in [1.165, 1.54) is 12.8 Å². The summed E-state index contributed by atoms with van der Waals surface area (Å²) in [5.41, 5.74) is 0. The van der Waals surface area contributed by atoms with Crippen molar-refractivity contribution in [3.05, 3.63) is 16.5 Å². The first kappa shape index (κ1) is 13.7. The van der Waals surface area contributed by atoms with Gasteiger partial charge in [0.25, 0.3) is 0 Å². The quantitative estimate of drug-likeness (QED) is 0.726. The monoisotopic (exact) mass is 313 g/mol. The van der Waals surface area contributed by atoms with Crippen LogP contribution in [0.25, 0.3) is 0 Å². The first-order valence-electron chi connectivity index (χ1n) is 6.62. The van der Waals surface area contributed by atoms with Gasteiger partial charge in [0.15, 0.2) is 0 Å². The number of hydrogen-bond acceptors (Lipinski definition) is 4. The lowest BCUT2D eigenvalue weighted by Gasteiger charge is -2.17. The molecular formula is C13H20BrN3O. The lowest BCUT2D eigenvalue weighted by Crippen LogP contribution is -2.28. The Morgan fingerprint density at radius 1 is 1.33 bits per heavy atom. The molecule has 5 heteroatoms. The summed E-state index contributed by atoms with van der Waals surface area (Å²) in [5.74, 6) is 2.15. The fourth-order valence-corrected chi connectivity index (χ4v) is 2.21. The molecule has 0 amide bonds. The predicted molar refractivity (Wildman–Crippen MR) is 75.0 cm³/mol. The summed E-state index contributed by atoms with van der Waals surface area (Å²) >= 11 is 3.42. The van der Waals surface area contributed by atoms with Gasteiger partial charge in [-0.2, -0.15) is 4.98 Å². The van der Waals surface area contributed by atoms with Crippen LogP contribution in [0.1, 0.15) is 38.4 Å². The molecule has 0 unspecified atom stereocenters. The number of rotatable bonds is 7. The molecule has 1 aromatic rings. The van der Waals surface area contributed by atoms with Crippen molar-refractivity contribution in [2.24, 2.45) is 0 Å². The molecule has 0 saturated heterocycles. The van der Waals surface area contributed by atoms with Crippen LogP contribution >= 0.6 is 15.9 Å². The number of aromatic nitrogens is 2. The highest BCUT2D eigenvalue weighted by atomic mass is 79.9. The molecule has 0 spiro atoms. The lowest BCUT2D eigenvalue weighted by atomic mass is 10.4. The summed E-state index contributed by atoms with van der Waals surface area (Å²) in [5, 5.41) is 0. The highest BCUT2D eigenvalue weighted by Crippen LogP contribution is 2.38. The van der Waals surface area contributed by atoms with Crippen LogP contribution < -0.4 is 4.74 Å². The molecule has 1 aromatic heterocycles. The van der Waals surface area contributed by atoms with Crippen molar-refractivity contribution in [2.45, 2.75) is 32.6 Å². The number of hydrogen-bond donors (Lipinski definition) is 0. The van der Waals surface area contributed by atoms with E-state index in [1.807, 2.05) is 6.07 Å². The van der Waals surface area contributed by atoms with Crippen LogP contribution in [0.5, 0.6) is 5.88 Å². The third-order valence-corrected chi connectivity index (χ3v) is 3.59. The topological polar surface area (TPSA) is 38.2 Å². The maximum Gasteiger partial charge on any atom is 0.217 e. The van der Waals surface area contributed by atoms with Crippen LogP contribution in [-0.4, -0.2) is 41.1 Å². The molecule has 4 nitrogen and oxygen atoms in total. The molecule has 0 atom stereocenters. The zero-order valence-corrected chi connectivity index (χ0v) is 12.6. The van der Waals surface area contributed by atoms with E-state index >= 15 is 0 Å². The second-order valence-electron chi connectivity index (χ2n) is 4.54. The van der Waals surface area contributed by atoms with E-state index in [9.17, 15) is 0 Å². The van der Waals surface area contributed by atoms with Gasteiger partial charge in [-0.15, -0.1) is 0 Å². The summed E-state index contributed by atoms with van der Waals surface area (Å²) in [4.78, 5) is 11.2. The number of nitrogens with zero attached hydrogens (tertiary/aromatic N) is 3. The molecule has 100 valence electrons. The maximum absolute atomic E-state index is 5.72. The Balaban J connectivity index is 1.88. The van der Waals surface area contributed by atoms with E-state index in [-0.39, 0.29) is 0 Å². The average molecular weight is 314 g/mol. The van der Waals surface area contributed by atoms with Crippen molar-refractivity contribution in [2.75, 3.05) is 26.2 Å². The van der Waals surface area contributed by atoms with E-state index in [0.29, 0.717) is 18.4 Å². The standard InChI is InChI=1S/C13H20BrN3O/c1-3-17(4-2)7-8-18-12-9-11(14)15-13(16-12)10-5-6-10/h9-10H,3-8H2,1-2H3. The second kappa shape index (κ2) is 6.48. The SMILES string of the molecule is CCN(CC)CCOc1cc(Br)nc(C2CC2)n1. The Hall–Kier alpha value is -0.680. The minimum Gasteiger partial charge on any atom is -0.476 e. The molecule has 1 heterocycles. The van der Waals surface area contributed by atoms with Crippen molar-refractivity contribution in [1.82, 2.24) is 14.9 Å². The number of likely N-dealkylation sites (N-methyl/N-ethyl adjacent to an activating group) is 1. The zero-order chi connectivity index (χ0) is 13.0. The van der Waals surface area contributed by atoms with Crippen LogP contribution in [0.2, 0.25) is 0 Å². The molecule has 0 aliphatic heterocycles. The lowest BCUT2D eigenvalue weighted by molar-refractivity contribution is 0.217. The molecule has 1 aliphatic rings. The number of halogens is 1. The molecule has 1 aliphatic carbocycles. The molecule has 0 aromatic carbocycles. The maximum atomic E-state index is 5.72. The fourth-order valence-electron chi connectivity index (χ4n) is 1.83. The summed E-state index contributed by atoms with van der Waals surface area (Å²) in [7, 11) is 0. The van der Waals surface area contributed by atoms with Crippen LogP contribution in [0.15, 0.2) is 10.7 Å². The zero-order valence-electron chi connectivity index (χ0n) is 11.0. The van der Waals surface area contributed by atoms with Gasteiger partial charge in [-0.05, 0) is 41.9 Å². The van der Waals surface area contributed by atoms with E-state index in [0.717, 1.165) is 30.1 Å². The van der Waals surface area contributed by atoms with E-state index in [1.54, 1.807) is 0 Å². The summed E-state index contributed by atoms with van der Waals surface area (Å²) < 4.78 is 6.53. The molecule has 0 radical (unpaired) electrons. The van der Waals surface area contributed by atoms with Crippen LogP contribution in [0, 0.1) is 0 Å². The average Bonchev–Trinajstić information content (AvgIpc) is 3.18. The third-order valence-electron chi connectivity index (χ3n) is 3.18. The van der Waals surface area contributed by atoms with Gasteiger partial charge in [0.1, 0.15) is 17.0 Å². The van der Waals surface area contributed by atoms with Gasteiger partial charge < -0.3 is 9.64 Å². The van der Waals surface area contributed by atoms with Gasteiger partial charge in [0, 0.05) is 18.5 Å². The molecule has 0 bridgehead atoms. The first-order chi connectivity index (χ1) is 8.72. The van der Waals surface area contributed by atoms with Gasteiger partial charge in [-0.1, -0.05) is 13.8 Å². The second-order valence-corrected chi connectivity index (χ2v) is 5.35. The minimum absolute atomic E-state index is 0.549. The third kappa shape index (κ3) is 3.92. The van der Waals surface area contributed by atoms with E-state index < -0.39 is 0 Å². The van der Waals surface area contributed by atoms with Crippen molar-refractivity contribution >= 4 is 15.9 Å². The minimum atomic E-state index is 0.549. The van der Waals surface area contributed by atoms with Gasteiger partial charge in [0.2, 0.25) is 5.88 Å².